The van der Waals surface area contributed by atoms with Crippen molar-refractivity contribution < 1.29 is 17.4 Å². The van der Waals surface area contributed by atoms with E-state index in [9.17, 15) is 17.4 Å². The van der Waals surface area contributed by atoms with E-state index in [1.165, 1.54) is 6.92 Å². The lowest BCUT2D eigenvalue weighted by Crippen LogP contribution is -2.13. The van der Waals surface area contributed by atoms with Gasteiger partial charge in [0.1, 0.15) is 10.1 Å². The highest BCUT2D eigenvalue weighted by Crippen LogP contribution is 2.02. The Hall–Kier alpha value is -0.160. The Kier molecular flexibility index (Phi) is 2.36. The first-order valence-electron chi connectivity index (χ1n) is 2.07. The van der Waals surface area contributed by atoms with Gasteiger partial charge in [0.2, 0.25) is 0 Å². The van der Waals surface area contributed by atoms with Gasteiger partial charge in [0.05, 0.1) is 0 Å². The Morgan fingerprint density at radius 1 is 1.75 bits per heavy atom. The monoisotopic (exact) mass is 141 g/mol. The lowest BCUT2D eigenvalue weighted by molar-refractivity contribution is 0.358. The summed E-state index contributed by atoms with van der Waals surface area (Å²) >= 11 is 0. The van der Waals surface area contributed by atoms with Crippen LogP contribution in [0.4, 0.5) is 4.39 Å². The smallest absolute Gasteiger partial charge is 0.189 e. The quantitative estimate of drug-likeness (QED) is 0.517. The van der Waals surface area contributed by atoms with Gasteiger partial charge in [-0.05, 0) is 6.42 Å². The Morgan fingerprint density at radius 2 is 2.12 bits per heavy atom. The van der Waals surface area contributed by atoms with Crippen LogP contribution in [0.2, 0.25) is 0 Å². The number of rotatable bonds is 2. The lowest BCUT2D eigenvalue weighted by atomic mass is 10.6. The molecule has 0 bridgehead atoms. The van der Waals surface area contributed by atoms with Gasteiger partial charge in [0.25, 0.3) is 0 Å². The zero-order valence-corrected chi connectivity index (χ0v) is 5.11. The Balaban J connectivity index is 4.04. The topological polar surface area (TPSA) is 57.2 Å². The van der Waals surface area contributed by atoms with Gasteiger partial charge in [-0.15, -0.1) is 0 Å². The van der Waals surface area contributed by atoms with Crippen LogP contribution in [-0.2, 0) is 10.1 Å². The molecule has 0 aliphatic rings. The predicted molar refractivity (Wildman–Crippen MR) is 24.9 cm³/mol. The molecule has 0 amide bonds. The molecule has 0 rings (SSSR count). The average Bonchev–Trinajstić information content (AvgIpc) is 1.62. The number of hydrogen-bond donors (Lipinski definition) is 0. The van der Waals surface area contributed by atoms with E-state index in [0.717, 1.165) is 0 Å². The van der Waals surface area contributed by atoms with Crippen LogP contribution in [0, 0.1) is 0 Å². The molecule has 0 aromatic rings. The molecule has 3 nitrogen and oxygen atoms in total. The Bertz CT molecular complexity index is 150. The van der Waals surface area contributed by atoms with Gasteiger partial charge < -0.3 is 4.55 Å². The molecule has 50 valence electrons. The third-order valence-electron chi connectivity index (χ3n) is 0.634. The predicted octanol–water partition coefficient (Wildman–Crippen LogP) is 0.237. The van der Waals surface area contributed by atoms with Crippen LogP contribution in [0.25, 0.3) is 0 Å². The third-order valence-corrected chi connectivity index (χ3v) is 1.59. The second-order valence-electron chi connectivity index (χ2n) is 1.31. The van der Waals surface area contributed by atoms with Crippen LogP contribution < -0.4 is 0 Å². The molecule has 0 fully saturated rings. The highest BCUT2D eigenvalue weighted by atomic mass is 32.2. The maximum Gasteiger partial charge on any atom is 0.189 e. The van der Waals surface area contributed by atoms with Crippen LogP contribution in [0.3, 0.4) is 0 Å². The minimum Gasteiger partial charge on any atom is -0.746 e. The van der Waals surface area contributed by atoms with Gasteiger partial charge >= 0.3 is 0 Å². The Morgan fingerprint density at radius 3 is 2.12 bits per heavy atom. The van der Waals surface area contributed by atoms with Gasteiger partial charge in [0.15, 0.2) is 5.50 Å². The highest BCUT2D eigenvalue weighted by Gasteiger charge is 2.09. The molecular formula is C3H6FO3S-. The third kappa shape index (κ3) is 2.23. The number of alkyl halides is 1. The molecule has 0 aliphatic heterocycles. The summed E-state index contributed by atoms with van der Waals surface area (Å²) in [5.74, 6) is 0. The molecule has 0 saturated heterocycles. The maximum absolute atomic E-state index is 11.7. The van der Waals surface area contributed by atoms with Crippen molar-refractivity contribution in [2.75, 3.05) is 0 Å². The second-order valence-corrected chi connectivity index (χ2v) is 2.81. The van der Waals surface area contributed by atoms with E-state index in [0.29, 0.717) is 0 Å². The van der Waals surface area contributed by atoms with E-state index < -0.39 is 15.6 Å². The lowest BCUT2D eigenvalue weighted by Gasteiger charge is -2.08. The molecule has 1 unspecified atom stereocenters. The van der Waals surface area contributed by atoms with Crippen molar-refractivity contribution in [2.24, 2.45) is 0 Å². The molecule has 8 heavy (non-hydrogen) atoms. The summed E-state index contributed by atoms with van der Waals surface area (Å²) in [4.78, 5) is 0. The molecular weight excluding hydrogens is 135 g/mol. The normalized spacial score (nSPS) is 15.9. The summed E-state index contributed by atoms with van der Waals surface area (Å²) in [5, 5.41) is 0. The maximum atomic E-state index is 11.7. The summed E-state index contributed by atoms with van der Waals surface area (Å²) in [5.41, 5.74) is -2.23. The van der Waals surface area contributed by atoms with Crippen molar-refractivity contribution in [3.8, 4) is 0 Å². The fourth-order valence-corrected chi connectivity index (χ4v) is 0.612. The van der Waals surface area contributed by atoms with Gasteiger partial charge in [-0.2, -0.15) is 0 Å². The standard InChI is InChI=1S/C3H7FO3S/c1-2-3(4)8(5,6)7/h3H,2H2,1H3,(H,5,6,7)/p-1. The first-order valence-corrected chi connectivity index (χ1v) is 3.54. The molecule has 0 aromatic carbocycles. The molecule has 5 heteroatoms. The van der Waals surface area contributed by atoms with Crippen LogP contribution >= 0.6 is 0 Å². The van der Waals surface area contributed by atoms with Crippen LogP contribution in [0.1, 0.15) is 13.3 Å². The molecule has 0 aromatic heterocycles. The van der Waals surface area contributed by atoms with E-state index >= 15 is 0 Å². The zero-order valence-electron chi connectivity index (χ0n) is 4.30. The van der Waals surface area contributed by atoms with Crippen molar-refractivity contribution in [3.05, 3.63) is 0 Å². The fourth-order valence-electron chi connectivity index (χ4n) is 0.204. The van der Waals surface area contributed by atoms with E-state index in [4.69, 9.17) is 0 Å². The van der Waals surface area contributed by atoms with Gasteiger partial charge in [0, 0.05) is 0 Å². The van der Waals surface area contributed by atoms with Gasteiger partial charge in [-0.25, -0.2) is 12.8 Å². The summed E-state index contributed by atoms with van der Waals surface area (Å²) in [7, 11) is -4.67. The molecule has 0 heterocycles. The first-order chi connectivity index (χ1) is 3.48. The summed E-state index contributed by atoms with van der Waals surface area (Å²) in [6, 6.07) is 0. The minimum absolute atomic E-state index is 0.272. The molecule has 0 N–H and O–H groups in total. The molecule has 0 radical (unpaired) electrons. The second kappa shape index (κ2) is 2.41. The highest BCUT2D eigenvalue weighted by molar-refractivity contribution is 7.86. The van der Waals surface area contributed by atoms with Crippen molar-refractivity contribution in [1.82, 2.24) is 0 Å². The van der Waals surface area contributed by atoms with Crippen LogP contribution in [-0.4, -0.2) is 18.5 Å². The van der Waals surface area contributed by atoms with Gasteiger partial charge in [-0.3, -0.25) is 0 Å². The molecule has 1 atom stereocenters. The Labute approximate surface area is 47.3 Å². The summed E-state index contributed by atoms with van der Waals surface area (Å²) in [6.07, 6.45) is -0.272. The van der Waals surface area contributed by atoms with Crippen molar-refractivity contribution in [2.45, 2.75) is 18.8 Å². The van der Waals surface area contributed by atoms with Crippen molar-refractivity contribution in [3.63, 3.8) is 0 Å². The number of hydrogen-bond acceptors (Lipinski definition) is 3. The van der Waals surface area contributed by atoms with Crippen LogP contribution in [0.15, 0.2) is 0 Å². The average molecular weight is 141 g/mol. The molecule has 0 saturated carbocycles. The minimum atomic E-state index is -4.67. The first kappa shape index (κ1) is 7.84. The van der Waals surface area contributed by atoms with E-state index in [-0.39, 0.29) is 6.42 Å². The van der Waals surface area contributed by atoms with E-state index in [1.807, 2.05) is 0 Å². The summed E-state index contributed by atoms with van der Waals surface area (Å²) in [6.45, 7) is 1.29. The van der Waals surface area contributed by atoms with Gasteiger partial charge in [-0.1, -0.05) is 6.92 Å². The zero-order chi connectivity index (χ0) is 6.78. The molecule has 0 aliphatic carbocycles. The fraction of sp³-hybridized carbons (Fsp3) is 1.00. The van der Waals surface area contributed by atoms with Crippen molar-refractivity contribution >= 4 is 10.1 Å². The van der Waals surface area contributed by atoms with Crippen LogP contribution in [0.5, 0.6) is 0 Å². The van der Waals surface area contributed by atoms with Crippen molar-refractivity contribution in [1.29, 1.82) is 0 Å². The SMILES string of the molecule is CCC(F)S(=O)(=O)[O-]. The van der Waals surface area contributed by atoms with E-state index in [2.05, 4.69) is 0 Å². The molecule has 0 spiro atoms. The summed E-state index contributed by atoms with van der Waals surface area (Å²) < 4.78 is 40.6. The van der Waals surface area contributed by atoms with E-state index in [1.54, 1.807) is 0 Å². The largest absolute Gasteiger partial charge is 0.746 e. The number of halogens is 1.